The molecule has 0 amide bonds. The van der Waals surface area contributed by atoms with Crippen LogP contribution in [0.5, 0.6) is 5.75 Å². The van der Waals surface area contributed by atoms with Crippen LogP contribution in [0.2, 0.25) is 0 Å². The molecule has 3 aromatic rings. The number of hydrogen-bond donors (Lipinski definition) is 2. The van der Waals surface area contributed by atoms with Crippen LogP contribution >= 0.6 is 0 Å². The lowest BCUT2D eigenvalue weighted by molar-refractivity contribution is 0.223. The smallest absolute Gasteiger partial charge is 0.276 e. The molecule has 152 valence electrons. The molecule has 1 aromatic carbocycles. The Bertz CT molecular complexity index is 914. The number of pyridine rings is 1. The van der Waals surface area contributed by atoms with Crippen LogP contribution in [-0.4, -0.2) is 47.3 Å². The number of benzene rings is 1. The van der Waals surface area contributed by atoms with Crippen molar-refractivity contribution in [3.8, 4) is 17.3 Å². The molecular formula is C20H23FN6O2. The number of nitrogens with zero attached hydrogens (tertiary/aromatic N) is 4. The van der Waals surface area contributed by atoms with Crippen LogP contribution < -0.4 is 15.4 Å². The van der Waals surface area contributed by atoms with Crippen molar-refractivity contribution in [3.05, 3.63) is 60.3 Å². The summed E-state index contributed by atoms with van der Waals surface area (Å²) in [6, 6.07) is 11.4. The van der Waals surface area contributed by atoms with Crippen LogP contribution in [0.3, 0.4) is 0 Å². The quantitative estimate of drug-likeness (QED) is 0.444. The molecule has 0 spiro atoms. The second-order valence-corrected chi connectivity index (χ2v) is 6.24. The molecule has 2 heterocycles. The number of guanidine groups is 1. The summed E-state index contributed by atoms with van der Waals surface area (Å²) in [4.78, 5) is 12.7. The monoisotopic (exact) mass is 398 g/mol. The molecule has 9 heteroatoms. The van der Waals surface area contributed by atoms with E-state index >= 15 is 0 Å². The van der Waals surface area contributed by atoms with Gasteiger partial charge in [0, 0.05) is 26.2 Å². The summed E-state index contributed by atoms with van der Waals surface area (Å²) in [5.74, 6) is 1.94. The van der Waals surface area contributed by atoms with E-state index in [1.54, 1.807) is 25.4 Å². The van der Waals surface area contributed by atoms with E-state index in [9.17, 15) is 4.39 Å². The number of aromatic nitrogens is 3. The van der Waals surface area contributed by atoms with Gasteiger partial charge in [-0.25, -0.2) is 4.39 Å². The fourth-order valence-corrected chi connectivity index (χ4v) is 2.49. The third kappa shape index (κ3) is 6.27. The van der Waals surface area contributed by atoms with Crippen LogP contribution in [0.15, 0.2) is 58.2 Å². The fourth-order valence-electron chi connectivity index (χ4n) is 2.49. The van der Waals surface area contributed by atoms with E-state index in [0.717, 1.165) is 0 Å². The van der Waals surface area contributed by atoms with Gasteiger partial charge in [0.25, 0.3) is 5.89 Å². The molecule has 3 rings (SSSR count). The second kappa shape index (κ2) is 10.2. The maximum absolute atomic E-state index is 12.9. The van der Waals surface area contributed by atoms with Gasteiger partial charge in [-0.2, -0.15) is 4.98 Å². The van der Waals surface area contributed by atoms with Gasteiger partial charge in [0.1, 0.15) is 23.4 Å². The van der Waals surface area contributed by atoms with Crippen molar-refractivity contribution in [2.45, 2.75) is 19.4 Å². The summed E-state index contributed by atoms with van der Waals surface area (Å²) in [6.45, 7) is 3.03. The van der Waals surface area contributed by atoms with E-state index in [2.05, 4.69) is 30.8 Å². The molecular weight excluding hydrogens is 375 g/mol. The molecule has 2 aromatic heterocycles. The van der Waals surface area contributed by atoms with Gasteiger partial charge in [-0.05, 0) is 43.3 Å². The van der Waals surface area contributed by atoms with Crippen molar-refractivity contribution < 1.29 is 13.7 Å². The Hall–Kier alpha value is -3.49. The number of nitrogens with one attached hydrogen (secondary N) is 2. The Labute approximate surface area is 168 Å². The van der Waals surface area contributed by atoms with Gasteiger partial charge >= 0.3 is 0 Å². The van der Waals surface area contributed by atoms with Crippen molar-refractivity contribution in [2.24, 2.45) is 4.99 Å². The highest BCUT2D eigenvalue weighted by Crippen LogP contribution is 2.13. The third-order valence-electron chi connectivity index (χ3n) is 3.92. The van der Waals surface area contributed by atoms with Crippen molar-refractivity contribution in [3.63, 3.8) is 0 Å². The Morgan fingerprint density at radius 2 is 2.03 bits per heavy atom. The van der Waals surface area contributed by atoms with Crippen LogP contribution in [0, 0.1) is 5.82 Å². The zero-order valence-electron chi connectivity index (χ0n) is 16.3. The van der Waals surface area contributed by atoms with Crippen molar-refractivity contribution >= 4 is 5.96 Å². The summed E-state index contributed by atoms with van der Waals surface area (Å²) in [6.07, 6.45) is 2.12. The molecule has 0 saturated heterocycles. The number of ether oxygens (including phenoxy) is 1. The fraction of sp³-hybridized carbons (Fsp3) is 0.300. The molecule has 29 heavy (non-hydrogen) atoms. The first kappa shape index (κ1) is 20.2. The van der Waals surface area contributed by atoms with Crippen LogP contribution in [-0.2, 0) is 6.42 Å². The molecule has 0 saturated carbocycles. The number of aliphatic imine (C=N–C) groups is 1. The predicted molar refractivity (Wildman–Crippen MR) is 107 cm³/mol. The number of halogens is 1. The summed E-state index contributed by atoms with van der Waals surface area (Å²) in [5, 5.41) is 10.3. The van der Waals surface area contributed by atoms with Gasteiger partial charge in [-0.15, -0.1) is 0 Å². The summed E-state index contributed by atoms with van der Waals surface area (Å²) < 4.78 is 23.9. The summed E-state index contributed by atoms with van der Waals surface area (Å²) in [7, 11) is 1.69. The maximum Gasteiger partial charge on any atom is 0.276 e. The van der Waals surface area contributed by atoms with E-state index in [-0.39, 0.29) is 11.9 Å². The van der Waals surface area contributed by atoms with Crippen molar-refractivity contribution in [1.82, 2.24) is 25.8 Å². The van der Waals surface area contributed by atoms with E-state index in [1.807, 2.05) is 25.1 Å². The highest BCUT2D eigenvalue weighted by Gasteiger charge is 2.10. The first-order chi connectivity index (χ1) is 14.1. The summed E-state index contributed by atoms with van der Waals surface area (Å²) >= 11 is 0. The van der Waals surface area contributed by atoms with Gasteiger partial charge in [0.2, 0.25) is 0 Å². The van der Waals surface area contributed by atoms with Crippen molar-refractivity contribution in [1.29, 1.82) is 0 Å². The second-order valence-electron chi connectivity index (χ2n) is 6.24. The highest BCUT2D eigenvalue weighted by atomic mass is 19.1. The Morgan fingerprint density at radius 3 is 2.76 bits per heavy atom. The van der Waals surface area contributed by atoms with Crippen LogP contribution in [0.1, 0.15) is 12.7 Å². The molecule has 0 bridgehead atoms. The maximum atomic E-state index is 12.9. The van der Waals surface area contributed by atoms with Gasteiger partial charge < -0.3 is 19.9 Å². The minimum atomic E-state index is -0.290. The number of rotatable bonds is 8. The minimum Gasteiger partial charge on any atom is -0.489 e. The van der Waals surface area contributed by atoms with E-state index in [1.165, 1.54) is 12.1 Å². The average Bonchev–Trinajstić information content (AvgIpc) is 3.22. The highest BCUT2D eigenvalue weighted by molar-refractivity contribution is 5.79. The zero-order valence-corrected chi connectivity index (χ0v) is 16.3. The first-order valence-electron chi connectivity index (χ1n) is 9.25. The molecule has 8 nitrogen and oxygen atoms in total. The number of hydrogen-bond acceptors (Lipinski definition) is 6. The Kier molecular flexibility index (Phi) is 7.10. The lowest BCUT2D eigenvalue weighted by atomic mass is 10.3. The molecule has 1 atom stereocenters. The SMILES string of the molecule is CN=C(NCCc1noc(-c2ccccn2)n1)NCC(C)Oc1ccc(F)cc1. The minimum absolute atomic E-state index is 0.128. The molecule has 0 fully saturated rings. The third-order valence-corrected chi connectivity index (χ3v) is 3.92. The topological polar surface area (TPSA) is 97.5 Å². The lowest BCUT2D eigenvalue weighted by Crippen LogP contribution is -2.42. The van der Waals surface area contributed by atoms with Gasteiger partial charge in [0.05, 0.1) is 6.54 Å². The normalized spacial score (nSPS) is 12.4. The Morgan fingerprint density at radius 1 is 1.21 bits per heavy atom. The summed E-state index contributed by atoms with van der Waals surface area (Å²) in [5.41, 5.74) is 0.645. The molecule has 0 aliphatic carbocycles. The predicted octanol–water partition coefficient (Wildman–Crippen LogP) is 2.45. The standard InChI is InChI=1S/C20H23FN6O2/c1-14(28-16-8-6-15(21)7-9-16)13-25-20(22-2)24-12-10-18-26-19(29-27-18)17-5-3-4-11-23-17/h3-9,11,14H,10,12-13H2,1-2H3,(H2,22,24,25). The molecule has 0 radical (unpaired) electrons. The van der Waals surface area contributed by atoms with E-state index in [0.29, 0.717) is 48.6 Å². The first-order valence-corrected chi connectivity index (χ1v) is 9.25. The van der Waals surface area contributed by atoms with Crippen LogP contribution in [0.25, 0.3) is 11.6 Å². The van der Waals surface area contributed by atoms with E-state index < -0.39 is 0 Å². The van der Waals surface area contributed by atoms with Crippen molar-refractivity contribution in [2.75, 3.05) is 20.1 Å². The van der Waals surface area contributed by atoms with E-state index in [4.69, 9.17) is 9.26 Å². The van der Waals surface area contributed by atoms with Gasteiger partial charge in [-0.1, -0.05) is 11.2 Å². The average molecular weight is 398 g/mol. The molecule has 1 unspecified atom stereocenters. The Balaban J connectivity index is 1.40. The van der Waals surface area contributed by atoms with Gasteiger partial charge in [0.15, 0.2) is 11.8 Å². The van der Waals surface area contributed by atoms with Gasteiger partial charge in [-0.3, -0.25) is 9.98 Å². The molecule has 2 N–H and O–H groups in total. The molecule has 0 aliphatic heterocycles. The lowest BCUT2D eigenvalue weighted by Gasteiger charge is -2.17. The van der Waals surface area contributed by atoms with Crippen LogP contribution in [0.4, 0.5) is 4.39 Å². The zero-order chi connectivity index (χ0) is 20.5. The molecule has 0 aliphatic rings. The largest absolute Gasteiger partial charge is 0.489 e.